The highest BCUT2D eigenvalue weighted by Crippen LogP contribution is 2.50. The summed E-state index contributed by atoms with van der Waals surface area (Å²) in [6, 6.07) is 7.37. The normalized spacial score (nSPS) is 20.0. The Morgan fingerprint density at radius 1 is 1.23 bits per heavy atom. The van der Waals surface area contributed by atoms with E-state index in [1.165, 1.54) is 0 Å². The third-order valence-corrected chi connectivity index (χ3v) is 7.12. The van der Waals surface area contributed by atoms with Crippen LogP contribution in [0.15, 0.2) is 40.0 Å². The van der Waals surface area contributed by atoms with Gasteiger partial charge in [-0.2, -0.15) is 13.2 Å². The molecule has 3 rings (SSSR count). The molecule has 0 aromatic heterocycles. The van der Waals surface area contributed by atoms with Gasteiger partial charge in [0.1, 0.15) is 0 Å². The van der Waals surface area contributed by atoms with E-state index in [1.54, 1.807) is 18.2 Å². The molecule has 2 N–H and O–H groups in total. The molecule has 138 valence electrons. The van der Waals surface area contributed by atoms with Crippen molar-refractivity contribution in [3.63, 3.8) is 0 Å². The maximum absolute atomic E-state index is 14.0. The van der Waals surface area contributed by atoms with Crippen LogP contribution >= 0.6 is 61.7 Å². The fourth-order valence-corrected chi connectivity index (χ4v) is 3.63. The molecule has 0 saturated carbocycles. The molecule has 10 heteroatoms. The van der Waals surface area contributed by atoms with Gasteiger partial charge in [0.2, 0.25) is 0 Å². The SMILES string of the molecule is Nc1cc(C2(C(F)(F)F)CC(c3ccc(I)c(Br)c3)=NO2)cc(Cl)c1Cl. The van der Waals surface area contributed by atoms with Gasteiger partial charge in [0.25, 0.3) is 5.60 Å². The van der Waals surface area contributed by atoms with Gasteiger partial charge >= 0.3 is 6.18 Å². The highest BCUT2D eigenvalue weighted by Gasteiger charge is 2.62. The first kappa shape index (κ1) is 20.0. The number of oxime groups is 1. The van der Waals surface area contributed by atoms with Gasteiger partial charge in [-0.25, -0.2) is 0 Å². The monoisotopic (exact) mass is 578 g/mol. The van der Waals surface area contributed by atoms with Crippen molar-refractivity contribution >= 4 is 73.1 Å². The molecule has 1 atom stereocenters. The number of rotatable bonds is 2. The van der Waals surface area contributed by atoms with E-state index in [9.17, 15) is 13.2 Å². The summed E-state index contributed by atoms with van der Waals surface area (Å²) in [5, 5.41) is 3.62. The molecule has 0 fully saturated rings. The second kappa shape index (κ2) is 7.03. The van der Waals surface area contributed by atoms with Gasteiger partial charge in [0.05, 0.1) is 21.4 Å². The summed E-state index contributed by atoms with van der Waals surface area (Å²) in [7, 11) is 0. The Hall–Kier alpha value is -0.710. The summed E-state index contributed by atoms with van der Waals surface area (Å²) in [5.41, 5.74) is 3.39. The molecule has 26 heavy (non-hydrogen) atoms. The lowest BCUT2D eigenvalue weighted by Gasteiger charge is -2.30. The van der Waals surface area contributed by atoms with Crippen molar-refractivity contribution in [2.45, 2.75) is 18.2 Å². The minimum Gasteiger partial charge on any atom is -0.397 e. The fraction of sp³-hybridized carbons (Fsp3) is 0.188. The van der Waals surface area contributed by atoms with Crippen LogP contribution in [0.25, 0.3) is 0 Å². The van der Waals surface area contributed by atoms with Crippen molar-refractivity contribution in [3.05, 3.63) is 59.5 Å². The van der Waals surface area contributed by atoms with Crippen molar-refractivity contribution in [3.8, 4) is 0 Å². The standard InChI is InChI=1S/C16H9BrCl2F3IN2O/c17-9-3-7(1-2-11(9)23)13-6-15(26-25-13,16(20,21)22)8-4-10(18)14(19)12(24)5-8/h1-5H,6,24H2. The Balaban J connectivity index is 2.06. The molecule has 2 aromatic rings. The lowest BCUT2D eigenvalue weighted by molar-refractivity contribution is -0.275. The van der Waals surface area contributed by atoms with Crippen LogP contribution in [0.5, 0.6) is 0 Å². The van der Waals surface area contributed by atoms with Crippen molar-refractivity contribution in [2.24, 2.45) is 5.16 Å². The highest BCUT2D eigenvalue weighted by molar-refractivity contribution is 14.1. The molecular weight excluding hydrogens is 571 g/mol. The van der Waals surface area contributed by atoms with Crippen LogP contribution in [0.2, 0.25) is 10.0 Å². The Morgan fingerprint density at radius 2 is 1.92 bits per heavy atom. The zero-order chi connectivity index (χ0) is 19.3. The number of nitrogen functional groups attached to an aromatic ring is 1. The van der Waals surface area contributed by atoms with E-state index < -0.39 is 18.2 Å². The summed E-state index contributed by atoms with van der Waals surface area (Å²) in [6.07, 6.45) is -5.26. The second-order valence-electron chi connectivity index (χ2n) is 5.62. The fourth-order valence-electron chi connectivity index (χ4n) is 2.58. The van der Waals surface area contributed by atoms with Gasteiger partial charge in [-0.1, -0.05) is 34.4 Å². The van der Waals surface area contributed by atoms with Crippen molar-refractivity contribution in [2.75, 3.05) is 5.73 Å². The van der Waals surface area contributed by atoms with Crippen LogP contribution in [0.3, 0.4) is 0 Å². The average Bonchev–Trinajstić information content (AvgIpc) is 3.01. The quantitative estimate of drug-likeness (QED) is 0.325. The van der Waals surface area contributed by atoms with Crippen molar-refractivity contribution in [1.29, 1.82) is 0 Å². The number of hydrogen-bond donors (Lipinski definition) is 1. The molecule has 1 heterocycles. The van der Waals surface area contributed by atoms with Crippen molar-refractivity contribution in [1.82, 2.24) is 0 Å². The summed E-state index contributed by atoms with van der Waals surface area (Å²) in [5.74, 6) is 0. The summed E-state index contributed by atoms with van der Waals surface area (Å²) < 4.78 is 43.6. The third-order valence-electron chi connectivity index (χ3n) is 3.96. The Morgan fingerprint density at radius 3 is 2.50 bits per heavy atom. The largest absolute Gasteiger partial charge is 0.435 e. The molecule has 0 saturated heterocycles. The lowest BCUT2D eigenvalue weighted by atomic mass is 9.86. The molecule has 1 aliphatic rings. The molecule has 3 nitrogen and oxygen atoms in total. The minimum atomic E-state index is -4.75. The van der Waals surface area contributed by atoms with Gasteiger partial charge in [0, 0.05) is 25.6 Å². The van der Waals surface area contributed by atoms with Crippen molar-refractivity contribution < 1.29 is 18.0 Å². The first-order chi connectivity index (χ1) is 12.0. The molecule has 0 aliphatic carbocycles. The number of benzene rings is 2. The van der Waals surface area contributed by atoms with E-state index in [1.807, 2.05) is 0 Å². The minimum absolute atomic E-state index is 0.00607. The van der Waals surface area contributed by atoms with E-state index in [4.69, 9.17) is 33.8 Å². The van der Waals surface area contributed by atoms with E-state index in [0.717, 1.165) is 20.2 Å². The number of hydrogen-bond acceptors (Lipinski definition) is 3. The summed E-state index contributed by atoms with van der Waals surface area (Å²) in [4.78, 5) is 4.97. The molecule has 0 spiro atoms. The van der Waals surface area contributed by atoms with Gasteiger partial charge < -0.3 is 10.6 Å². The van der Waals surface area contributed by atoms with Gasteiger partial charge in [-0.05, 0) is 62.8 Å². The first-order valence-electron chi connectivity index (χ1n) is 7.07. The third kappa shape index (κ3) is 3.41. The van der Waals surface area contributed by atoms with Crippen LogP contribution in [0.4, 0.5) is 18.9 Å². The molecular formula is C16H9BrCl2F3IN2O. The average molecular weight is 580 g/mol. The number of nitrogens with two attached hydrogens (primary N) is 1. The van der Waals surface area contributed by atoms with Gasteiger partial charge in [-0.15, -0.1) is 0 Å². The molecule has 2 aromatic carbocycles. The number of halogens is 7. The maximum atomic E-state index is 14.0. The number of nitrogens with zero attached hydrogens (tertiary/aromatic N) is 1. The van der Waals surface area contributed by atoms with E-state index >= 15 is 0 Å². The zero-order valence-corrected chi connectivity index (χ0v) is 17.9. The molecule has 0 amide bonds. The Bertz CT molecular complexity index is 900. The Labute approximate surface area is 178 Å². The van der Waals surface area contributed by atoms with Gasteiger partial charge in [0.15, 0.2) is 0 Å². The smallest absolute Gasteiger partial charge is 0.397 e. The van der Waals surface area contributed by atoms with Crippen LogP contribution in [0, 0.1) is 3.57 Å². The Kier molecular flexibility index (Phi) is 5.42. The summed E-state index contributed by atoms with van der Waals surface area (Å²) in [6.45, 7) is 0. The van der Waals surface area contributed by atoms with Crippen LogP contribution in [0.1, 0.15) is 17.5 Å². The molecule has 0 radical (unpaired) electrons. The van der Waals surface area contributed by atoms with E-state index in [0.29, 0.717) is 5.56 Å². The molecule has 1 unspecified atom stereocenters. The summed E-state index contributed by atoms with van der Waals surface area (Å²) >= 11 is 17.2. The van der Waals surface area contributed by atoms with E-state index in [-0.39, 0.29) is 27.0 Å². The van der Waals surface area contributed by atoms with Crippen LogP contribution < -0.4 is 5.73 Å². The highest BCUT2D eigenvalue weighted by atomic mass is 127. The predicted octanol–water partition coefficient (Wildman–Crippen LogP) is 6.52. The second-order valence-corrected chi connectivity index (χ2v) is 8.42. The first-order valence-corrected chi connectivity index (χ1v) is 9.70. The predicted molar refractivity (Wildman–Crippen MR) is 108 cm³/mol. The topological polar surface area (TPSA) is 47.6 Å². The lowest BCUT2D eigenvalue weighted by Crippen LogP contribution is -2.42. The maximum Gasteiger partial charge on any atom is 0.435 e. The number of anilines is 1. The molecule has 0 bridgehead atoms. The number of alkyl halides is 3. The zero-order valence-electron chi connectivity index (χ0n) is 12.7. The molecule has 1 aliphatic heterocycles. The van der Waals surface area contributed by atoms with Crippen LogP contribution in [-0.4, -0.2) is 11.9 Å². The van der Waals surface area contributed by atoms with Gasteiger partial charge in [-0.3, -0.25) is 0 Å². The van der Waals surface area contributed by atoms with E-state index in [2.05, 4.69) is 43.7 Å². The van der Waals surface area contributed by atoms with Crippen LogP contribution in [-0.2, 0) is 10.4 Å².